The molecule has 0 aliphatic heterocycles. The van der Waals surface area contributed by atoms with Gasteiger partial charge in [-0.1, -0.05) is 24.3 Å². The van der Waals surface area contributed by atoms with Crippen LogP contribution < -0.4 is 0 Å². The molecule has 0 saturated carbocycles. The fraction of sp³-hybridized carbons (Fsp3) is 0.273. The number of hydrogen-bond acceptors (Lipinski definition) is 1. The van der Waals surface area contributed by atoms with Crippen LogP contribution in [0.3, 0.4) is 0 Å². The van der Waals surface area contributed by atoms with Crippen molar-refractivity contribution in [2.75, 3.05) is 0 Å². The zero-order valence-corrected chi connectivity index (χ0v) is 8.24. The van der Waals surface area contributed by atoms with Gasteiger partial charge in [-0.15, -0.1) is 11.3 Å². The summed E-state index contributed by atoms with van der Waals surface area (Å²) in [6.07, 6.45) is 10.0. The second kappa shape index (κ2) is 2.91. The van der Waals surface area contributed by atoms with Crippen molar-refractivity contribution in [2.24, 2.45) is 0 Å². The molecule has 12 heavy (non-hydrogen) atoms. The van der Waals surface area contributed by atoms with Crippen molar-refractivity contribution in [1.82, 2.24) is 0 Å². The minimum atomic E-state index is 1.07. The lowest BCUT2D eigenvalue weighted by Crippen LogP contribution is -1.75. The summed E-state index contributed by atoms with van der Waals surface area (Å²) < 4.78 is 0. The monoisotopic (exact) mass is 176 g/mol. The van der Waals surface area contributed by atoms with E-state index in [2.05, 4.69) is 38.2 Å². The second-order valence-electron chi connectivity index (χ2n) is 3.08. The zero-order valence-electron chi connectivity index (χ0n) is 7.42. The van der Waals surface area contributed by atoms with Gasteiger partial charge in [-0.2, -0.15) is 0 Å². The maximum atomic E-state index is 2.24. The number of aryl methyl sites for hydroxylation is 2. The van der Waals surface area contributed by atoms with Crippen molar-refractivity contribution in [2.45, 2.75) is 20.3 Å². The molecule has 2 rings (SSSR count). The first-order valence-corrected chi connectivity index (χ1v) is 5.04. The van der Waals surface area contributed by atoms with Crippen molar-refractivity contribution < 1.29 is 0 Å². The first-order chi connectivity index (χ1) is 5.79. The van der Waals surface area contributed by atoms with Gasteiger partial charge >= 0.3 is 0 Å². The maximum Gasteiger partial charge on any atom is 0.00955 e. The fourth-order valence-electron chi connectivity index (χ4n) is 1.58. The number of allylic oxidation sites excluding steroid dienone is 2. The summed E-state index contributed by atoms with van der Waals surface area (Å²) in [6.45, 7) is 4.39. The third kappa shape index (κ3) is 1.14. The van der Waals surface area contributed by atoms with Gasteiger partial charge in [-0.05, 0) is 31.4 Å². The number of hydrogen-bond donors (Lipinski definition) is 0. The smallest absolute Gasteiger partial charge is 0.00955 e. The Hall–Kier alpha value is -0.820. The molecule has 0 amide bonds. The normalized spacial score (nSPS) is 14.5. The highest BCUT2D eigenvalue weighted by atomic mass is 32.1. The molecule has 0 bridgehead atoms. The van der Waals surface area contributed by atoms with E-state index in [9.17, 15) is 0 Å². The molecule has 1 aromatic heterocycles. The highest BCUT2D eigenvalue weighted by Gasteiger charge is 2.08. The van der Waals surface area contributed by atoms with Gasteiger partial charge < -0.3 is 0 Å². The highest BCUT2D eigenvalue weighted by Crippen LogP contribution is 2.31. The molecule has 62 valence electrons. The van der Waals surface area contributed by atoms with E-state index in [0.717, 1.165) is 6.42 Å². The minimum Gasteiger partial charge on any atom is -0.145 e. The molecule has 0 aromatic carbocycles. The van der Waals surface area contributed by atoms with Gasteiger partial charge in [-0.3, -0.25) is 0 Å². The number of rotatable bonds is 0. The van der Waals surface area contributed by atoms with Gasteiger partial charge in [0, 0.05) is 9.75 Å². The molecule has 1 aromatic rings. The molecule has 1 aliphatic rings. The van der Waals surface area contributed by atoms with Gasteiger partial charge in [0.05, 0.1) is 0 Å². The summed E-state index contributed by atoms with van der Waals surface area (Å²) in [4.78, 5) is 2.87. The standard InChI is InChI=1S/C11H12S/c1-8-10-6-4-3-5-7-11(10)9(2)12-8/h4-7H,3H2,1-2H3. The van der Waals surface area contributed by atoms with Crippen LogP contribution in [0.5, 0.6) is 0 Å². The lowest BCUT2D eigenvalue weighted by molar-refractivity contribution is 1.43. The molecule has 1 heteroatoms. The average molecular weight is 176 g/mol. The Kier molecular flexibility index (Phi) is 1.89. The van der Waals surface area contributed by atoms with Crippen molar-refractivity contribution in [3.8, 4) is 0 Å². The van der Waals surface area contributed by atoms with E-state index in [1.54, 1.807) is 0 Å². The van der Waals surface area contributed by atoms with Gasteiger partial charge in [0.15, 0.2) is 0 Å². The van der Waals surface area contributed by atoms with Crippen molar-refractivity contribution in [1.29, 1.82) is 0 Å². The van der Waals surface area contributed by atoms with E-state index in [4.69, 9.17) is 0 Å². The molecule has 1 heterocycles. The Balaban J connectivity index is 2.67. The fourth-order valence-corrected chi connectivity index (χ4v) is 2.62. The van der Waals surface area contributed by atoms with E-state index in [0.29, 0.717) is 0 Å². The molecule has 0 unspecified atom stereocenters. The predicted molar refractivity (Wildman–Crippen MR) is 56.5 cm³/mol. The van der Waals surface area contributed by atoms with Crippen LogP contribution in [-0.2, 0) is 0 Å². The zero-order chi connectivity index (χ0) is 8.55. The van der Waals surface area contributed by atoms with Crippen molar-refractivity contribution in [3.05, 3.63) is 33.0 Å². The summed E-state index contributed by atoms with van der Waals surface area (Å²) in [5.41, 5.74) is 2.84. The van der Waals surface area contributed by atoms with E-state index >= 15 is 0 Å². The molecule has 0 fully saturated rings. The maximum absolute atomic E-state index is 2.24. The third-order valence-electron chi connectivity index (χ3n) is 2.20. The number of fused-ring (bicyclic) bond motifs is 1. The van der Waals surface area contributed by atoms with Gasteiger partial charge in [0.1, 0.15) is 0 Å². The van der Waals surface area contributed by atoms with Crippen molar-refractivity contribution >= 4 is 23.5 Å². The Morgan fingerprint density at radius 1 is 1.00 bits per heavy atom. The Morgan fingerprint density at radius 3 is 2.00 bits per heavy atom. The van der Waals surface area contributed by atoms with E-state index in [1.807, 2.05) is 11.3 Å². The molecule has 0 saturated heterocycles. The quantitative estimate of drug-likeness (QED) is 0.564. The summed E-state index contributed by atoms with van der Waals surface area (Å²) in [5, 5.41) is 0. The van der Waals surface area contributed by atoms with Crippen LogP contribution in [0.2, 0.25) is 0 Å². The summed E-state index contributed by atoms with van der Waals surface area (Å²) in [7, 11) is 0. The second-order valence-corrected chi connectivity index (χ2v) is 4.51. The molecule has 0 nitrogen and oxygen atoms in total. The largest absolute Gasteiger partial charge is 0.145 e. The lowest BCUT2D eigenvalue weighted by atomic mass is 10.1. The van der Waals surface area contributed by atoms with E-state index < -0.39 is 0 Å². The van der Waals surface area contributed by atoms with Crippen LogP contribution in [0.4, 0.5) is 0 Å². The molecule has 0 spiro atoms. The van der Waals surface area contributed by atoms with Crippen LogP contribution >= 0.6 is 11.3 Å². The van der Waals surface area contributed by atoms with Crippen molar-refractivity contribution in [3.63, 3.8) is 0 Å². The third-order valence-corrected chi connectivity index (χ3v) is 3.25. The Labute approximate surface area is 77.2 Å². The summed E-state index contributed by atoms with van der Waals surface area (Å²) in [5.74, 6) is 0. The van der Waals surface area contributed by atoms with Gasteiger partial charge in [-0.25, -0.2) is 0 Å². The molecule has 0 N–H and O–H groups in total. The van der Waals surface area contributed by atoms with Crippen LogP contribution in [0.25, 0.3) is 12.2 Å². The van der Waals surface area contributed by atoms with Crippen LogP contribution in [0, 0.1) is 13.8 Å². The molecule has 0 radical (unpaired) electrons. The van der Waals surface area contributed by atoms with E-state index in [1.165, 1.54) is 20.9 Å². The number of thiophene rings is 1. The SMILES string of the molecule is Cc1sc(C)c2c1C=CCC=C2. The minimum absolute atomic E-state index is 1.07. The molecular formula is C11H12S. The van der Waals surface area contributed by atoms with Gasteiger partial charge in [0.25, 0.3) is 0 Å². The molecule has 0 atom stereocenters. The molecule has 1 aliphatic carbocycles. The lowest BCUT2D eigenvalue weighted by Gasteiger charge is -1.92. The van der Waals surface area contributed by atoms with E-state index in [-0.39, 0.29) is 0 Å². The van der Waals surface area contributed by atoms with Crippen LogP contribution in [-0.4, -0.2) is 0 Å². The predicted octanol–water partition coefficient (Wildman–Crippen LogP) is 3.80. The average Bonchev–Trinajstić information content (AvgIpc) is 2.29. The Bertz CT molecular complexity index is 321. The first kappa shape index (κ1) is 7.81. The van der Waals surface area contributed by atoms with Gasteiger partial charge in [0.2, 0.25) is 0 Å². The topological polar surface area (TPSA) is 0 Å². The van der Waals surface area contributed by atoms with Crippen LogP contribution in [0.1, 0.15) is 27.3 Å². The Morgan fingerprint density at radius 2 is 1.50 bits per heavy atom. The first-order valence-electron chi connectivity index (χ1n) is 4.22. The highest BCUT2D eigenvalue weighted by molar-refractivity contribution is 7.12. The summed E-state index contributed by atoms with van der Waals surface area (Å²) in [6, 6.07) is 0. The summed E-state index contributed by atoms with van der Waals surface area (Å²) >= 11 is 1.89. The van der Waals surface area contributed by atoms with Crippen LogP contribution in [0.15, 0.2) is 12.2 Å². The molecular weight excluding hydrogens is 164 g/mol.